The van der Waals surface area contributed by atoms with Crippen LogP contribution in [0.5, 0.6) is 17.2 Å². The van der Waals surface area contributed by atoms with Crippen molar-refractivity contribution in [3.63, 3.8) is 0 Å². The number of benzene rings is 3. The molecule has 1 fully saturated rings. The first kappa shape index (κ1) is 41.3. The van der Waals surface area contributed by atoms with E-state index in [0.717, 1.165) is 30.4 Å². The van der Waals surface area contributed by atoms with Gasteiger partial charge in [-0.15, -0.1) is 6.58 Å². The molecule has 3 aliphatic rings. The van der Waals surface area contributed by atoms with Crippen molar-refractivity contribution in [2.24, 2.45) is 22.9 Å². The number of aliphatic hydroxyl groups is 2. The molecule has 1 heterocycles. The second-order valence-corrected chi connectivity index (χ2v) is 14.6. The molecule has 6 rings (SSSR count). The minimum absolute atomic E-state index is 0.00249. The van der Waals surface area contributed by atoms with Crippen molar-refractivity contribution >= 4 is 17.5 Å². The van der Waals surface area contributed by atoms with Crippen LogP contribution in [0.3, 0.4) is 0 Å². The number of rotatable bonds is 18. The minimum Gasteiger partial charge on any atom is -0.508 e. The molecule has 14 heteroatoms. The maximum atomic E-state index is 14.7. The van der Waals surface area contributed by atoms with Gasteiger partial charge in [0.1, 0.15) is 35.7 Å². The van der Waals surface area contributed by atoms with E-state index >= 15 is 0 Å². The number of amides is 1. The number of nitro groups is 1. The van der Waals surface area contributed by atoms with E-state index in [1.165, 1.54) is 41.3 Å². The summed E-state index contributed by atoms with van der Waals surface area (Å²) in [5, 5.41) is 46.5. The van der Waals surface area contributed by atoms with Crippen LogP contribution in [-0.4, -0.2) is 75.2 Å². The number of aromatic hydroxyl groups is 1. The number of nitro benzene ring substituents is 1. The van der Waals surface area contributed by atoms with Crippen molar-refractivity contribution < 1.29 is 48.5 Å². The molecule has 3 N–H and O–H groups in total. The van der Waals surface area contributed by atoms with Gasteiger partial charge in [-0.05, 0) is 98.0 Å². The molecule has 13 nitrogen and oxygen atoms in total. The number of nitrogens with zero attached hydrogens (tertiary/aromatic N) is 3. The number of phenols is 1. The Morgan fingerprint density at radius 1 is 1.07 bits per heavy atom. The van der Waals surface area contributed by atoms with E-state index in [4.69, 9.17) is 19.0 Å². The average Bonchev–Trinajstić information content (AvgIpc) is 3.20. The molecule has 3 aromatic carbocycles. The van der Waals surface area contributed by atoms with Crippen molar-refractivity contribution in [1.29, 1.82) is 0 Å². The van der Waals surface area contributed by atoms with E-state index in [2.05, 4.69) is 17.8 Å². The van der Waals surface area contributed by atoms with E-state index in [9.17, 15) is 34.6 Å². The number of oxime groups is 1. The number of unbranched alkanes of at least 4 members (excludes halogenated alkanes) is 2. The maximum Gasteiger partial charge on any atom is 0.416 e. The predicted molar refractivity (Wildman–Crippen MR) is 209 cm³/mol. The lowest BCUT2D eigenvalue weighted by Crippen LogP contribution is -2.70. The summed E-state index contributed by atoms with van der Waals surface area (Å²) in [4.78, 5) is 32.7. The fourth-order valence-corrected chi connectivity index (χ4v) is 8.68. The Hall–Kier alpha value is -5.31. The van der Waals surface area contributed by atoms with Gasteiger partial charge in [-0.3, -0.25) is 15.0 Å². The Kier molecular flexibility index (Phi) is 13.6. The zero-order valence-electron chi connectivity index (χ0n) is 32.0. The smallest absolute Gasteiger partial charge is 0.416 e. The van der Waals surface area contributed by atoms with Crippen LogP contribution in [0, 0.1) is 33.7 Å². The molecule has 0 spiro atoms. The summed E-state index contributed by atoms with van der Waals surface area (Å²) in [6.45, 7) is 6.06. The molecule has 1 amide bonds. The quantitative estimate of drug-likeness (QED) is 0.0500. The van der Waals surface area contributed by atoms with E-state index in [-0.39, 0.29) is 74.3 Å². The Morgan fingerprint density at radius 2 is 1.79 bits per heavy atom. The van der Waals surface area contributed by atoms with Crippen molar-refractivity contribution in [3.05, 3.63) is 118 Å². The van der Waals surface area contributed by atoms with Crippen molar-refractivity contribution in [1.82, 2.24) is 4.90 Å². The van der Waals surface area contributed by atoms with Gasteiger partial charge in [-0.1, -0.05) is 42.3 Å². The van der Waals surface area contributed by atoms with E-state index in [1.807, 2.05) is 6.92 Å². The van der Waals surface area contributed by atoms with Crippen LogP contribution in [0.15, 0.2) is 96.2 Å². The van der Waals surface area contributed by atoms with Gasteiger partial charge in [0.25, 0.3) is 5.69 Å². The van der Waals surface area contributed by atoms with Crippen LogP contribution in [0.2, 0.25) is 0 Å². The number of allylic oxidation sites excluding steroid dienone is 1. The fourth-order valence-electron chi connectivity index (χ4n) is 8.68. The molecular weight excluding hydrogens is 737 g/mol. The molecule has 0 aromatic heterocycles. The van der Waals surface area contributed by atoms with Crippen LogP contribution in [0.1, 0.15) is 68.9 Å². The molecule has 0 radical (unpaired) electrons. The number of aliphatic hydroxyl groups excluding tert-OH is 2. The van der Waals surface area contributed by atoms with Crippen LogP contribution in [0.4, 0.5) is 14.9 Å². The van der Waals surface area contributed by atoms with Crippen LogP contribution in [0.25, 0.3) is 0 Å². The number of ether oxygens (including phenoxy) is 3. The molecular formula is C43H50FN3O10. The molecule has 2 aliphatic carbocycles. The lowest BCUT2D eigenvalue weighted by molar-refractivity contribution is -0.384. The molecule has 1 aliphatic heterocycles. The SMILES string of the molecule is C=CCOC12Oc3ccc(O)cc3C3C(CCCCO)C(CCCCO)C=C(C(=NOCC)CC1N(Cc1ccc(F)cc1)C(=O)Oc1ccc([N+](=O)[O-])cc1)C32. The zero-order chi connectivity index (χ0) is 40.5. The number of halogens is 1. The number of carbonyl (C=O) groups excluding carboxylic acids is 1. The Bertz CT molecular complexity index is 1940. The molecule has 0 bridgehead atoms. The summed E-state index contributed by atoms with van der Waals surface area (Å²) in [7, 11) is 0. The highest BCUT2D eigenvalue weighted by molar-refractivity contribution is 6.03. The Labute approximate surface area is 331 Å². The van der Waals surface area contributed by atoms with Crippen LogP contribution in [-0.2, 0) is 16.1 Å². The lowest BCUT2D eigenvalue weighted by atomic mass is 9.55. The average molecular weight is 788 g/mol. The summed E-state index contributed by atoms with van der Waals surface area (Å²) in [5.74, 6) is -2.51. The molecule has 3 aromatic rings. The van der Waals surface area contributed by atoms with E-state index < -0.39 is 34.6 Å². The third-order valence-corrected chi connectivity index (χ3v) is 11.1. The van der Waals surface area contributed by atoms with Gasteiger partial charge in [0.2, 0.25) is 5.79 Å². The number of carbonyl (C=O) groups is 1. The summed E-state index contributed by atoms with van der Waals surface area (Å²) < 4.78 is 34.1. The topological polar surface area (TPSA) is 173 Å². The second-order valence-electron chi connectivity index (χ2n) is 14.6. The largest absolute Gasteiger partial charge is 0.508 e. The monoisotopic (exact) mass is 787 g/mol. The molecule has 0 saturated heterocycles. The Morgan fingerprint density at radius 3 is 2.46 bits per heavy atom. The number of non-ortho nitro benzene ring substituents is 1. The van der Waals surface area contributed by atoms with Gasteiger partial charge in [0.15, 0.2) is 0 Å². The molecule has 6 unspecified atom stereocenters. The second kappa shape index (κ2) is 18.8. The van der Waals surface area contributed by atoms with Crippen LogP contribution < -0.4 is 9.47 Å². The van der Waals surface area contributed by atoms with Gasteiger partial charge in [-0.2, -0.15) is 0 Å². The van der Waals surface area contributed by atoms with Gasteiger partial charge in [-0.25, -0.2) is 9.18 Å². The first-order valence-corrected chi connectivity index (χ1v) is 19.5. The Balaban J connectivity index is 1.57. The molecule has 6 atom stereocenters. The normalized spacial score (nSPS) is 24.0. The highest BCUT2D eigenvalue weighted by atomic mass is 19.1. The van der Waals surface area contributed by atoms with Gasteiger partial charge in [0, 0.05) is 49.8 Å². The zero-order valence-corrected chi connectivity index (χ0v) is 32.0. The highest BCUT2D eigenvalue weighted by Crippen LogP contribution is 2.62. The molecule has 1 saturated carbocycles. The predicted octanol–water partition coefficient (Wildman–Crippen LogP) is 7.79. The first-order valence-electron chi connectivity index (χ1n) is 19.5. The van der Waals surface area contributed by atoms with Crippen LogP contribution >= 0.6 is 0 Å². The minimum atomic E-state index is -1.61. The number of phenolic OH excluding ortho intramolecular Hbond substituents is 1. The van der Waals surface area contributed by atoms with Gasteiger partial charge < -0.3 is 34.4 Å². The van der Waals surface area contributed by atoms with Crippen molar-refractivity contribution in [2.75, 3.05) is 26.4 Å². The van der Waals surface area contributed by atoms with E-state index in [1.54, 1.807) is 36.4 Å². The number of fused-ring (bicyclic) bond motifs is 2. The number of hydrogen-bond acceptors (Lipinski definition) is 11. The van der Waals surface area contributed by atoms with E-state index in [0.29, 0.717) is 36.3 Å². The van der Waals surface area contributed by atoms with Crippen molar-refractivity contribution in [3.8, 4) is 17.2 Å². The third kappa shape index (κ3) is 8.98. The van der Waals surface area contributed by atoms with Crippen molar-refractivity contribution in [2.45, 2.75) is 76.2 Å². The summed E-state index contributed by atoms with van der Waals surface area (Å²) in [6.07, 6.45) is 7.24. The lowest BCUT2D eigenvalue weighted by Gasteiger charge is -2.59. The summed E-state index contributed by atoms with van der Waals surface area (Å²) in [5.41, 5.74) is 2.55. The molecule has 57 heavy (non-hydrogen) atoms. The highest BCUT2D eigenvalue weighted by Gasteiger charge is 2.65. The maximum absolute atomic E-state index is 14.7. The standard InChI is InChI=1S/C43H50FN3O10/c1-3-23-54-43-39(46(27-28-11-13-30(44)14-12-28)42(51)56-33-18-15-31(16-19-33)47(52)53)26-37(45-55-4-2)35-24-29(9-5-7-21-48)34(10-6-8-22-49)40(41(35)43)36-25-32(50)17-20-38(36)57-43/h3,11-20,24-25,29,34,39-41,48-50H,1,4-10,21-23,26-27H2,2H3. The van der Waals surface area contributed by atoms with Gasteiger partial charge >= 0.3 is 6.09 Å². The fraction of sp³-hybridized carbons (Fsp3) is 0.442. The third-order valence-electron chi connectivity index (χ3n) is 11.1. The first-order chi connectivity index (χ1) is 27.6. The summed E-state index contributed by atoms with van der Waals surface area (Å²) >= 11 is 0. The number of hydrogen-bond donors (Lipinski definition) is 3. The van der Waals surface area contributed by atoms with Gasteiger partial charge in [0.05, 0.1) is 23.2 Å². The summed E-state index contributed by atoms with van der Waals surface area (Å²) in [6, 6.07) is 14.9. The molecule has 304 valence electrons.